The molecule has 4 aromatic rings. The van der Waals surface area contributed by atoms with Gasteiger partial charge in [0.25, 0.3) is 0 Å². The maximum Gasteiger partial charge on any atom is 0.190 e. The van der Waals surface area contributed by atoms with E-state index in [4.69, 9.17) is 26.1 Å². The normalized spacial score (nSPS) is 11.6. The van der Waals surface area contributed by atoms with Crippen molar-refractivity contribution < 1.29 is 9.47 Å². The van der Waals surface area contributed by atoms with Gasteiger partial charge >= 0.3 is 0 Å². The Labute approximate surface area is 197 Å². The van der Waals surface area contributed by atoms with E-state index in [0.717, 1.165) is 56.8 Å². The summed E-state index contributed by atoms with van der Waals surface area (Å²) in [4.78, 5) is 5.95. The lowest BCUT2D eigenvalue weighted by atomic mass is 10.1. The lowest BCUT2D eigenvalue weighted by molar-refractivity contribution is 0.354. The molecule has 4 rings (SSSR count). The Bertz CT molecular complexity index is 1280. The maximum absolute atomic E-state index is 6.12. The predicted octanol–water partition coefficient (Wildman–Crippen LogP) is 6.67. The first kappa shape index (κ1) is 22.2. The van der Waals surface area contributed by atoms with E-state index in [1.165, 1.54) is 5.56 Å². The molecule has 0 amide bonds. The van der Waals surface area contributed by atoms with E-state index in [9.17, 15) is 0 Å². The van der Waals surface area contributed by atoms with Crippen LogP contribution in [0, 0.1) is 6.92 Å². The molecule has 0 saturated heterocycles. The number of benzene rings is 3. The fourth-order valence-corrected chi connectivity index (χ4v) is 4.63. The second kappa shape index (κ2) is 10.1. The molecule has 0 aliphatic heterocycles. The van der Waals surface area contributed by atoms with Crippen molar-refractivity contribution in [1.29, 1.82) is 0 Å². The molecule has 0 atom stereocenters. The van der Waals surface area contributed by atoms with Gasteiger partial charge in [-0.05, 0) is 60.4 Å². The molecule has 0 radical (unpaired) electrons. The van der Waals surface area contributed by atoms with Crippen LogP contribution in [-0.2, 0) is 13.0 Å². The fraction of sp³-hybridized carbons (Fsp3) is 0.192. The molecule has 0 saturated carbocycles. The number of hydrogen-bond donors (Lipinski definition) is 0. The molecular weight excluding hydrogens is 440 g/mol. The van der Waals surface area contributed by atoms with Gasteiger partial charge in [0.05, 0.1) is 25.6 Å². The first-order chi connectivity index (χ1) is 15.6. The molecule has 0 aliphatic carbocycles. The van der Waals surface area contributed by atoms with Crippen LogP contribution in [0.25, 0.3) is 11.3 Å². The smallest absolute Gasteiger partial charge is 0.190 e. The summed E-state index contributed by atoms with van der Waals surface area (Å²) in [6.45, 7) is 2.86. The number of aryl methyl sites for hydroxylation is 2. The van der Waals surface area contributed by atoms with Gasteiger partial charge in [-0.1, -0.05) is 48.0 Å². The number of ether oxygens (including phenoxy) is 2. The van der Waals surface area contributed by atoms with Crippen LogP contribution in [0.15, 0.2) is 77.1 Å². The largest absolute Gasteiger partial charge is 0.493 e. The third kappa shape index (κ3) is 4.90. The Morgan fingerprint density at radius 1 is 0.938 bits per heavy atom. The summed E-state index contributed by atoms with van der Waals surface area (Å²) < 4.78 is 13.1. The zero-order chi connectivity index (χ0) is 22.5. The molecule has 1 heterocycles. The topological polar surface area (TPSA) is 35.8 Å². The highest BCUT2D eigenvalue weighted by Gasteiger charge is 2.11. The van der Waals surface area contributed by atoms with E-state index in [2.05, 4.69) is 47.2 Å². The van der Waals surface area contributed by atoms with E-state index < -0.39 is 0 Å². The molecule has 0 fully saturated rings. The van der Waals surface area contributed by atoms with Gasteiger partial charge < -0.3 is 14.0 Å². The Morgan fingerprint density at radius 2 is 1.69 bits per heavy atom. The average molecular weight is 465 g/mol. The Hall–Kier alpha value is -3.02. The van der Waals surface area contributed by atoms with Crippen LogP contribution in [0.1, 0.15) is 11.1 Å². The van der Waals surface area contributed by atoms with Crippen LogP contribution >= 0.6 is 22.9 Å². The zero-order valence-corrected chi connectivity index (χ0v) is 19.9. The molecule has 0 aliphatic rings. The van der Waals surface area contributed by atoms with Crippen molar-refractivity contribution in [2.45, 2.75) is 19.9 Å². The number of para-hydroxylation sites is 1. The molecule has 0 bridgehead atoms. The van der Waals surface area contributed by atoms with Crippen molar-refractivity contribution in [2.75, 3.05) is 14.2 Å². The minimum atomic E-state index is 0.727. The van der Waals surface area contributed by atoms with Crippen LogP contribution in [0.2, 0.25) is 5.02 Å². The summed E-state index contributed by atoms with van der Waals surface area (Å²) >= 11 is 7.76. The van der Waals surface area contributed by atoms with Crippen molar-refractivity contribution in [2.24, 2.45) is 4.99 Å². The van der Waals surface area contributed by atoms with Gasteiger partial charge in [-0.2, -0.15) is 0 Å². The van der Waals surface area contributed by atoms with Crippen LogP contribution in [0.3, 0.4) is 0 Å². The maximum atomic E-state index is 6.12. The van der Waals surface area contributed by atoms with Gasteiger partial charge in [0.2, 0.25) is 0 Å². The third-order valence-electron chi connectivity index (χ3n) is 5.34. The van der Waals surface area contributed by atoms with E-state index in [1.54, 1.807) is 25.6 Å². The van der Waals surface area contributed by atoms with Crippen LogP contribution in [0.4, 0.5) is 5.69 Å². The first-order valence-electron chi connectivity index (χ1n) is 10.3. The minimum absolute atomic E-state index is 0.727. The lowest BCUT2D eigenvalue weighted by Gasteiger charge is -2.12. The van der Waals surface area contributed by atoms with Gasteiger partial charge in [-0.15, -0.1) is 11.3 Å². The predicted molar refractivity (Wildman–Crippen MR) is 132 cm³/mol. The molecule has 0 unspecified atom stereocenters. The van der Waals surface area contributed by atoms with Gasteiger partial charge in [0.15, 0.2) is 16.3 Å². The van der Waals surface area contributed by atoms with Gasteiger partial charge in [-0.3, -0.25) is 0 Å². The van der Waals surface area contributed by atoms with Crippen LogP contribution in [-0.4, -0.2) is 18.8 Å². The van der Waals surface area contributed by atoms with E-state index >= 15 is 0 Å². The summed E-state index contributed by atoms with van der Waals surface area (Å²) in [6, 6.07) is 22.2. The highest BCUT2D eigenvalue weighted by atomic mass is 35.5. The molecule has 32 heavy (non-hydrogen) atoms. The monoisotopic (exact) mass is 464 g/mol. The molecule has 164 valence electrons. The second-order valence-electron chi connectivity index (χ2n) is 7.40. The van der Waals surface area contributed by atoms with Crippen molar-refractivity contribution >= 4 is 28.6 Å². The summed E-state index contributed by atoms with van der Waals surface area (Å²) in [6.07, 6.45) is 0.832. The Kier molecular flexibility index (Phi) is 6.98. The molecular formula is C26H25ClN2O2S. The number of thiazole rings is 1. The van der Waals surface area contributed by atoms with Crippen molar-refractivity contribution in [3.63, 3.8) is 0 Å². The summed E-state index contributed by atoms with van der Waals surface area (Å²) in [5.41, 5.74) is 5.55. The van der Waals surface area contributed by atoms with Crippen molar-refractivity contribution in [3.8, 4) is 22.8 Å². The van der Waals surface area contributed by atoms with E-state index in [0.29, 0.717) is 0 Å². The second-order valence-corrected chi connectivity index (χ2v) is 8.67. The third-order valence-corrected chi connectivity index (χ3v) is 6.46. The standard InChI is InChI=1S/C26H25ClN2O2S/c1-18-6-4-5-7-22(18)28-26-29(23(17-32-26)20-9-11-21(27)12-10-20)15-14-19-8-13-24(30-2)25(16-19)31-3/h4-13,16-17H,14-15H2,1-3H3. The van der Waals surface area contributed by atoms with Crippen LogP contribution < -0.4 is 14.3 Å². The summed E-state index contributed by atoms with van der Waals surface area (Å²) in [5.74, 6) is 1.47. The quantitative estimate of drug-likeness (QED) is 0.306. The Morgan fingerprint density at radius 3 is 2.41 bits per heavy atom. The average Bonchev–Trinajstić information content (AvgIpc) is 3.21. The molecule has 0 N–H and O–H groups in total. The van der Waals surface area contributed by atoms with Crippen molar-refractivity contribution in [3.05, 3.63) is 93.1 Å². The number of rotatable bonds is 7. The molecule has 1 aromatic heterocycles. The SMILES string of the molecule is COc1ccc(CCn2c(-c3ccc(Cl)cc3)csc2=Nc2ccccc2C)cc1OC. The number of nitrogens with zero attached hydrogens (tertiary/aromatic N) is 2. The zero-order valence-electron chi connectivity index (χ0n) is 18.3. The van der Waals surface area contributed by atoms with E-state index in [1.807, 2.05) is 36.4 Å². The number of halogens is 1. The highest BCUT2D eigenvalue weighted by molar-refractivity contribution is 7.07. The van der Waals surface area contributed by atoms with Gasteiger partial charge in [0.1, 0.15) is 0 Å². The van der Waals surface area contributed by atoms with Crippen molar-refractivity contribution in [1.82, 2.24) is 4.57 Å². The Balaban J connectivity index is 1.74. The summed E-state index contributed by atoms with van der Waals surface area (Å²) in [7, 11) is 3.31. The number of methoxy groups -OCH3 is 2. The molecule has 0 spiro atoms. The highest BCUT2D eigenvalue weighted by Crippen LogP contribution is 2.28. The van der Waals surface area contributed by atoms with E-state index in [-0.39, 0.29) is 0 Å². The molecule has 4 nitrogen and oxygen atoms in total. The van der Waals surface area contributed by atoms with Gasteiger partial charge in [-0.25, -0.2) is 4.99 Å². The lowest BCUT2D eigenvalue weighted by Crippen LogP contribution is -2.17. The summed E-state index contributed by atoms with van der Waals surface area (Å²) in [5, 5.41) is 2.89. The molecule has 3 aromatic carbocycles. The van der Waals surface area contributed by atoms with Crippen LogP contribution in [0.5, 0.6) is 11.5 Å². The van der Waals surface area contributed by atoms with Gasteiger partial charge in [0, 0.05) is 16.9 Å². The first-order valence-corrected chi connectivity index (χ1v) is 11.6. The number of aromatic nitrogens is 1. The number of hydrogen-bond acceptors (Lipinski definition) is 4. The fourth-order valence-electron chi connectivity index (χ4n) is 3.56. The molecule has 6 heteroatoms. The minimum Gasteiger partial charge on any atom is -0.493 e.